The van der Waals surface area contributed by atoms with Crippen LogP contribution in [0.15, 0.2) is 42.5 Å². The maximum atomic E-state index is 13.5. The van der Waals surface area contributed by atoms with Crippen molar-refractivity contribution in [2.24, 2.45) is 0 Å². The standard InChI is InChI=1S/C17H17FN2O3/c1-20(9-12-6-7-15-16(8-12)23-11-22-15)10-17(21)19-14-5-3-2-4-13(14)18/h2-8H,9-11H2,1H3,(H,19,21)/p+1. The average molecular weight is 317 g/mol. The minimum Gasteiger partial charge on any atom is -0.454 e. The van der Waals surface area contributed by atoms with Crippen LogP contribution in [0.4, 0.5) is 10.1 Å². The van der Waals surface area contributed by atoms with Gasteiger partial charge >= 0.3 is 0 Å². The molecule has 0 bridgehead atoms. The fourth-order valence-electron chi connectivity index (χ4n) is 2.49. The second-order valence-corrected chi connectivity index (χ2v) is 5.53. The van der Waals surface area contributed by atoms with Crippen molar-refractivity contribution in [1.82, 2.24) is 0 Å². The highest BCUT2D eigenvalue weighted by Crippen LogP contribution is 2.32. The van der Waals surface area contributed by atoms with Crippen molar-refractivity contribution in [3.8, 4) is 11.5 Å². The van der Waals surface area contributed by atoms with Crippen molar-refractivity contribution in [3.05, 3.63) is 53.8 Å². The van der Waals surface area contributed by atoms with Gasteiger partial charge in [0.15, 0.2) is 18.0 Å². The van der Waals surface area contributed by atoms with Crippen LogP contribution in [-0.2, 0) is 11.3 Å². The van der Waals surface area contributed by atoms with Crippen molar-refractivity contribution in [2.45, 2.75) is 6.54 Å². The van der Waals surface area contributed by atoms with Crippen molar-refractivity contribution in [2.75, 3.05) is 25.7 Å². The van der Waals surface area contributed by atoms with E-state index in [1.807, 2.05) is 25.2 Å². The Hall–Kier alpha value is -2.60. The lowest BCUT2D eigenvalue weighted by atomic mass is 10.2. The van der Waals surface area contributed by atoms with E-state index >= 15 is 0 Å². The van der Waals surface area contributed by atoms with Gasteiger partial charge in [-0.2, -0.15) is 0 Å². The van der Waals surface area contributed by atoms with E-state index in [4.69, 9.17) is 9.47 Å². The van der Waals surface area contributed by atoms with Crippen LogP contribution in [0.1, 0.15) is 5.56 Å². The summed E-state index contributed by atoms with van der Waals surface area (Å²) in [5, 5.41) is 2.59. The number of ether oxygens (including phenoxy) is 2. The number of carbonyl (C=O) groups excluding carboxylic acids is 1. The van der Waals surface area contributed by atoms with E-state index in [1.54, 1.807) is 18.2 Å². The second kappa shape index (κ2) is 6.66. The molecule has 120 valence electrons. The van der Waals surface area contributed by atoms with Gasteiger partial charge in [-0.25, -0.2) is 4.39 Å². The van der Waals surface area contributed by atoms with Crippen molar-refractivity contribution in [3.63, 3.8) is 0 Å². The Morgan fingerprint density at radius 2 is 2.00 bits per heavy atom. The number of halogens is 1. The number of hydrogen-bond acceptors (Lipinski definition) is 3. The van der Waals surface area contributed by atoms with Gasteiger partial charge in [-0.3, -0.25) is 4.79 Å². The summed E-state index contributed by atoms with van der Waals surface area (Å²) in [6.07, 6.45) is 0. The van der Waals surface area contributed by atoms with Crippen molar-refractivity contribution >= 4 is 11.6 Å². The summed E-state index contributed by atoms with van der Waals surface area (Å²) in [6.45, 7) is 1.14. The molecular weight excluding hydrogens is 299 g/mol. The molecule has 5 nitrogen and oxygen atoms in total. The lowest BCUT2D eigenvalue weighted by molar-refractivity contribution is -0.885. The Morgan fingerprint density at radius 3 is 2.83 bits per heavy atom. The van der Waals surface area contributed by atoms with Crippen LogP contribution in [0.25, 0.3) is 0 Å². The smallest absolute Gasteiger partial charge is 0.279 e. The Morgan fingerprint density at radius 1 is 1.22 bits per heavy atom. The lowest BCUT2D eigenvalue weighted by Crippen LogP contribution is -3.08. The topological polar surface area (TPSA) is 52.0 Å². The van der Waals surface area contributed by atoms with Crippen LogP contribution >= 0.6 is 0 Å². The number of amides is 1. The van der Waals surface area contributed by atoms with Crippen molar-refractivity contribution < 1.29 is 23.6 Å². The first-order valence-corrected chi connectivity index (χ1v) is 7.36. The number of anilines is 1. The fraction of sp³-hybridized carbons (Fsp3) is 0.235. The van der Waals surface area contributed by atoms with Gasteiger partial charge in [-0.1, -0.05) is 12.1 Å². The van der Waals surface area contributed by atoms with Gasteiger partial charge in [0.05, 0.1) is 12.7 Å². The van der Waals surface area contributed by atoms with Crippen LogP contribution in [-0.4, -0.2) is 26.3 Å². The normalized spacial score (nSPS) is 13.7. The van der Waals surface area contributed by atoms with Gasteiger partial charge in [-0.15, -0.1) is 0 Å². The van der Waals surface area contributed by atoms with Gasteiger partial charge < -0.3 is 19.7 Å². The maximum Gasteiger partial charge on any atom is 0.279 e. The molecule has 0 aromatic heterocycles. The molecule has 1 aliphatic heterocycles. The second-order valence-electron chi connectivity index (χ2n) is 5.53. The summed E-state index contributed by atoms with van der Waals surface area (Å²) < 4.78 is 24.1. The number of hydrogen-bond donors (Lipinski definition) is 2. The third-order valence-electron chi connectivity index (χ3n) is 3.55. The van der Waals surface area contributed by atoms with E-state index in [2.05, 4.69) is 5.32 Å². The summed E-state index contributed by atoms with van der Waals surface area (Å²) in [5.41, 5.74) is 1.25. The SMILES string of the molecule is C[NH+](CC(=O)Nc1ccccc1F)Cc1ccc2c(c1)OCO2. The third kappa shape index (κ3) is 3.78. The molecule has 1 heterocycles. The molecule has 0 radical (unpaired) electrons. The quantitative estimate of drug-likeness (QED) is 0.871. The minimum atomic E-state index is -0.436. The van der Waals surface area contributed by atoms with Gasteiger partial charge in [0, 0.05) is 5.56 Å². The predicted octanol–water partition coefficient (Wildman–Crippen LogP) is 1.21. The third-order valence-corrected chi connectivity index (χ3v) is 3.55. The van der Waals surface area contributed by atoms with Gasteiger partial charge in [0.2, 0.25) is 6.79 Å². The fourth-order valence-corrected chi connectivity index (χ4v) is 2.49. The summed E-state index contributed by atoms with van der Waals surface area (Å²) in [5.74, 6) is 0.803. The number of para-hydroxylation sites is 1. The van der Waals surface area contributed by atoms with E-state index in [0.717, 1.165) is 22.0 Å². The Labute approximate surface area is 133 Å². The van der Waals surface area contributed by atoms with Crippen LogP contribution in [0.5, 0.6) is 11.5 Å². The number of quaternary nitrogens is 1. The molecule has 1 atom stereocenters. The van der Waals surface area contributed by atoms with Gasteiger partial charge in [0.25, 0.3) is 5.91 Å². The monoisotopic (exact) mass is 317 g/mol. The molecule has 2 aromatic rings. The molecule has 0 saturated heterocycles. The number of nitrogens with one attached hydrogen (secondary N) is 2. The van der Waals surface area contributed by atoms with E-state index < -0.39 is 5.82 Å². The van der Waals surface area contributed by atoms with Crippen molar-refractivity contribution in [1.29, 1.82) is 0 Å². The molecule has 0 spiro atoms. The van der Waals surface area contributed by atoms with E-state index in [0.29, 0.717) is 6.54 Å². The first-order chi connectivity index (χ1) is 11.1. The molecule has 1 amide bonds. The zero-order chi connectivity index (χ0) is 16.2. The molecule has 3 rings (SSSR count). The Bertz CT molecular complexity index is 721. The molecule has 6 heteroatoms. The van der Waals surface area contributed by atoms with Crippen LogP contribution in [0.3, 0.4) is 0 Å². The van der Waals surface area contributed by atoms with E-state index in [-0.39, 0.29) is 24.9 Å². The first kappa shape index (κ1) is 15.3. The average Bonchev–Trinajstić information content (AvgIpc) is 2.97. The summed E-state index contributed by atoms with van der Waals surface area (Å²) in [7, 11) is 1.91. The van der Waals surface area contributed by atoms with Crippen LogP contribution < -0.4 is 19.7 Å². The highest BCUT2D eigenvalue weighted by atomic mass is 19.1. The lowest BCUT2D eigenvalue weighted by Gasteiger charge is -2.14. The number of benzene rings is 2. The molecule has 1 aliphatic rings. The van der Waals surface area contributed by atoms with Gasteiger partial charge in [-0.05, 0) is 30.3 Å². The first-order valence-electron chi connectivity index (χ1n) is 7.36. The summed E-state index contributed by atoms with van der Waals surface area (Å²) in [4.78, 5) is 13.0. The molecular formula is C17H18FN2O3+. The molecule has 1 unspecified atom stereocenters. The number of likely N-dealkylation sites (N-methyl/N-ethyl adjacent to an activating group) is 1. The zero-order valence-electron chi connectivity index (χ0n) is 12.8. The minimum absolute atomic E-state index is 0.202. The number of rotatable bonds is 5. The highest BCUT2D eigenvalue weighted by molar-refractivity contribution is 5.91. The Kier molecular flexibility index (Phi) is 4.43. The summed E-state index contributed by atoms with van der Waals surface area (Å²) in [6, 6.07) is 11.9. The maximum absolute atomic E-state index is 13.5. The number of carbonyl (C=O) groups is 1. The van der Waals surface area contributed by atoms with Crippen LogP contribution in [0, 0.1) is 5.82 Å². The molecule has 2 N–H and O–H groups in total. The largest absolute Gasteiger partial charge is 0.454 e. The summed E-state index contributed by atoms with van der Waals surface area (Å²) >= 11 is 0. The predicted molar refractivity (Wildman–Crippen MR) is 83.1 cm³/mol. The molecule has 0 fully saturated rings. The highest BCUT2D eigenvalue weighted by Gasteiger charge is 2.16. The van der Waals surface area contributed by atoms with E-state index in [9.17, 15) is 9.18 Å². The molecule has 0 saturated carbocycles. The zero-order valence-corrected chi connectivity index (χ0v) is 12.8. The molecule has 0 aliphatic carbocycles. The Balaban J connectivity index is 1.55. The van der Waals surface area contributed by atoms with Crippen LogP contribution in [0.2, 0.25) is 0 Å². The molecule has 23 heavy (non-hydrogen) atoms. The van der Waals surface area contributed by atoms with E-state index in [1.165, 1.54) is 6.07 Å². The number of fused-ring (bicyclic) bond motifs is 1. The van der Waals surface area contributed by atoms with Gasteiger partial charge in [0.1, 0.15) is 12.4 Å². The molecule has 2 aromatic carbocycles.